The molecule has 0 radical (unpaired) electrons. The Balaban J connectivity index is 1.84. The number of nitrogens with one attached hydrogen (secondary N) is 1. The highest BCUT2D eigenvalue weighted by Crippen LogP contribution is 2.28. The maximum atomic E-state index is 14.2. The van der Waals surface area contributed by atoms with Gasteiger partial charge in [0.1, 0.15) is 11.4 Å². The van der Waals surface area contributed by atoms with Gasteiger partial charge in [0.15, 0.2) is 5.11 Å². The third-order valence-corrected chi connectivity index (χ3v) is 5.65. The highest BCUT2D eigenvalue weighted by Gasteiger charge is 2.31. The van der Waals surface area contributed by atoms with Crippen molar-refractivity contribution in [3.05, 3.63) is 75.7 Å². The SMILES string of the molecule is CN1C(=O)/C(=C\c2cn(Cc3ccccc3F)c3ccc(Br)cc23)C(=O)NC1=S. The molecule has 1 fully saturated rings. The van der Waals surface area contributed by atoms with Crippen LogP contribution in [0.25, 0.3) is 17.0 Å². The molecule has 1 saturated heterocycles. The van der Waals surface area contributed by atoms with E-state index in [9.17, 15) is 14.0 Å². The van der Waals surface area contributed by atoms with Crippen LogP contribution >= 0.6 is 28.1 Å². The number of likely N-dealkylation sites (N-methyl/N-ethyl adjacent to an activating group) is 1. The molecular weight excluding hydrogens is 457 g/mol. The molecule has 1 aliphatic heterocycles. The second-order valence-corrected chi connectivity index (χ2v) is 7.95. The molecule has 0 atom stereocenters. The molecule has 4 rings (SSSR count). The fraction of sp³-hybridized carbons (Fsp3) is 0.0952. The lowest BCUT2D eigenvalue weighted by Gasteiger charge is -2.24. The van der Waals surface area contributed by atoms with Gasteiger partial charge < -0.3 is 4.57 Å². The summed E-state index contributed by atoms with van der Waals surface area (Å²) in [5, 5.41) is 3.41. The molecule has 29 heavy (non-hydrogen) atoms. The molecule has 2 heterocycles. The van der Waals surface area contributed by atoms with Crippen molar-refractivity contribution in [3.8, 4) is 0 Å². The van der Waals surface area contributed by atoms with E-state index in [0.29, 0.717) is 17.7 Å². The molecular formula is C21H15BrFN3O2S. The molecule has 0 spiro atoms. The molecule has 2 amide bonds. The number of nitrogens with zero attached hydrogens (tertiary/aromatic N) is 2. The standard InChI is InChI=1S/C21H15BrFN3O2S/c1-25-20(28)16(19(27)24-21(25)29)8-13-11-26(10-12-4-2-3-5-17(12)23)18-7-6-14(22)9-15(13)18/h2-9,11H,10H2,1H3,(H,24,27,29)/b16-8-. The minimum atomic E-state index is -0.539. The molecule has 1 aromatic heterocycles. The van der Waals surface area contributed by atoms with E-state index < -0.39 is 11.8 Å². The van der Waals surface area contributed by atoms with Crippen LogP contribution in [0.15, 0.2) is 58.7 Å². The maximum absolute atomic E-state index is 14.2. The van der Waals surface area contributed by atoms with Gasteiger partial charge in [-0.25, -0.2) is 4.39 Å². The van der Waals surface area contributed by atoms with E-state index in [1.165, 1.54) is 18.0 Å². The Hall–Kier alpha value is -2.84. The Morgan fingerprint density at radius 1 is 1.21 bits per heavy atom. The third-order valence-electron chi connectivity index (χ3n) is 4.78. The Kier molecular flexibility index (Phi) is 5.06. The summed E-state index contributed by atoms with van der Waals surface area (Å²) in [6, 6.07) is 12.3. The number of fused-ring (bicyclic) bond motifs is 1. The van der Waals surface area contributed by atoms with Crippen molar-refractivity contribution >= 4 is 62.1 Å². The maximum Gasteiger partial charge on any atom is 0.265 e. The molecule has 0 aliphatic carbocycles. The van der Waals surface area contributed by atoms with E-state index in [-0.39, 0.29) is 16.5 Å². The predicted octanol–water partition coefficient (Wildman–Crippen LogP) is 3.85. The van der Waals surface area contributed by atoms with Crippen LogP contribution in [0.2, 0.25) is 0 Å². The first-order valence-electron chi connectivity index (χ1n) is 8.72. The summed E-state index contributed by atoms with van der Waals surface area (Å²) in [6.07, 6.45) is 3.35. The Morgan fingerprint density at radius 3 is 2.72 bits per heavy atom. The number of hydrogen-bond donors (Lipinski definition) is 1. The Morgan fingerprint density at radius 2 is 1.97 bits per heavy atom. The molecule has 0 bridgehead atoms. The summed E-state index contributed by atoms with van der Waals surface area (Å²) in [5.74, 6) is -1.30. The third kappa shape index (κ3) is 3.61. The highest BCUT2D eigenvalue weighted by molar-refractivity contribution is 9.10. The van der Waals surface area contributed by atoms with E-state index in [4.69, 9.17) is 12.2 Å². The second kappa shape index (κ2) is 7.53. The van der Waals surface area contributed by atoms with Crippen molar-refractivity contribution < 1.29 is 14.0 Å². The first-order chi connectivity index (χ1) is 13.8. The first kappa shape index (κ1) is 19.5. The van der Waals surface area contributed by atoms with Crippen molar-refractivity contribution in [1.82, 2.24) is 14.8 Å². The second-order valence-electron chi connectivity index (χ2n) is 6.65. The van der Waals surface area contributed by atoms with E-state index in [1.807, 2.05) is 29.0 Å². The van der Waals surface area contributed by atoms with E-state index >= 15 is 0 Å². The van der Waals surface area contributed by atoms with E-state index in [2.05, 4.69) is 21.2 Å². The quantitative estimate of drug-likeness (QED) is 0.358. The number of carbonyl (C=O) groups excluding carboxylic acids is 2. The molecule has 0 unspecified atom stereocenters. The highest BCUT2D eigenvalue weighted by atomic mass is 79.9. The topological polar surface area (TPSA) is 54.3 Å². The van der Waals surface area contributed by atoms with E-state index in [0.717, 1.165) is 15.4 Å². The Bertz CT molecular complexity index is 1220. The number of thiocarbonyl (C=S) groups is 1. The summed E-state index contributed by atoms with van der Waals surface area (Å²) >= 11 is 8.44. The first-order valence-corrected chi connectivity index (χ1v) is 9.92. The Labute approximate surface area is 179 Å². The van der Waals surface area contributed by atoms with Gasteiger partial charge >= 0.3 is 0 Å². The number of rotatable bonds is 3. The smallest absolute Gasteiger partial charge is 0.265 e. The molecule has 2 aromatic carbocycles. The zero-order valence-corrected chi connectivity index (χ0v) is 17.7. The summed E-state index contributed by atoms with van der Waals surface area (Å²) in [7, 11) is 1.51. The van der Waals surface area contributed by atoms with Crippen LogP contribution in [-0.4, -0.2) is 33.4 Å². The number of halogens is 2. The molecule has 146 valence electrons. The van der Waals surface area contributed by atoms with Crippen molar-refractivity contribution in [3.63, 3.8) is 0 Å². The van der Waals surface area contributed by atoms with Gasteiger partial charge in [0.25, 0.3) is 11.8 Å². The van der Waals surface area contributed by atoms with Crippen LogP contribution in [0.5, 0.6) is 0 Å². The van der Waals surface area contributed by atoms with Gasteiger partial charge in [-0.1, -0.05) is 34.1 Å². The number of carbonyl (C=O) groups is 2. The number of amides is 2. The number of aromatic nitrogens is 1. The lowest BCUT2D eigenvalue weighted by molar-refractivity contribution is -0.128. The van der Waals surface area contributed by atoms with Gasteiger partial charge in [0.2, 0.25) is 0 Å². The van der Waals surface area contributed by atoms with Crippen LogP contribution < -0.4 is 5.32 Å². The predicted molar refractivity (Wildman–Crippen MR) is 117 cm³/mol. The summed E-state index contributed by atoms with van der Waals surface area (Å²) in [6.45, 7) is 0.318. The lowest BCUT2D eigenvalue weighted by atomic mass is 10.1. The van der Waals surface area contributed by atoms with Crippen LogP contribution in [0.1, 0.15) is 11.1 Å². The van der Waals surface area contributed by atoms with Gasteiger partial charge in [-0.15, -0.1) is 0 Å². The fourth-order valence-corrected chi connectivity index (χ4v) is 3.79. The van der Waals surface area contributed by atoms with Crippen molar-refractivity contribution in [2.45, 2.75) is 6.54 Å². The molecule has 5 nitrogen and oxygen atoms in total. The van der Waals surface area contributed by atoms with Crippen molar-refractivity contribution in [1.29, 1.82) is 0 Å². The van der Waals surface area contributed by atoms with Gasteiger partial charge in [-0.3, -0.25) is 19.8 Å². The normalized spacial score (nSPS) is 16.0. The van der Waals surface area contributed by atoms with Crippen LogP contribution in [0.3, 0.4) is 0 Å². The average Bonchev–Trinajstić information content (AvgIpc) is 3.02. The van der Waals surface area contributed by atoms with Crippen molar-refractivity contribution in [2.24, 2.45) is 0 Å². The number of benzene rings is 2. The zero-order valence-electron chi connectivity index (χ0n) is 15.3. The molecule has 0 saturated carbocycles. The van der Waals surface area contributed by atoms with Gasteiger partial charge in [-0.05, 0) is 42.6 Å². The molecule has 3 aromatic rings. The van der Waals surface area contributed by atoms with Gasteiger partial charge in [0.05, 0.1) is 6.54 Å². The van der Waals surface area contributed by atoms with Gasteiger partial charge in [-0.2, -0.15) is 0 Å². The van der Waals surface area contributed by atoms with Crippen LogP contribution in [0, 0.1) is 5.82 Å². The minimum absolute atomic E-state index is 0.00832. The molecule has 1 N–H and O–H groups in total. The molecule has 8 heteroatoms. The van der Waals surface area contributed by atoms with Crippen molar-refractivity contribution in [2.75, 3.05) is 7.05 Å². The summed E-state index contributed by atoms with van der Waals surface area (Å²) < 4.78 is 16.9. The number of hydrogen-bond acceptors (Lipinski definition) is 3. The lowest BCUT2D eigenvalue weighted by Crippen LogP contribution is -2.52. The minimum Gasteiger partial charge on any atom is -0.342 e. The largest absolute Gasteiger partial charge is 0.342 e. The van der Waals surface area contributed by atoms with Crippen LogP contribution in [0.4, 0.5) is 4.39 Å². The fourth-order valence-electron chi connectivity index (χ4n) is 3.25. The average molecular weight is 472 g/mol. The van der Waals surface area contributed by atoms with E-state index in [1.54, 1.807) is 24.3 Å². The molecule has 1 aliphatic rings. The monoisotopic (exact) mass is 471 g/mol. The summed E-state index contributed by atoms with van der Waals surface area (Å²) in [4.78, 5) is 26.1. The summed E-state index contributed by atoms with van der Waals surface area (Å²) in [5.41, 5.74) is 2.07. The van der Waals surface area contributed by atoms with Crippen LogP contribution in [-0.2, 0) is 16.1 Å². The van der Waals surface area contributed by atoms with Gasteiger partial charge in [0, 0.05) is 39.7 Å². The zero-order chi connectivity index (χ0) is 20.7.